The molecule has 21 heavy (non-hydrogen) atoms. The minimum Gasteiger partial charge on any atom is -0.481 e. The predicted molar refractivity (Wildman–Crippen MR) is 83.5 cm³/mol. The molecule has 1 aromatic carbocycles. The molecule has 0 aromatic heterocycles. The van der Waals surface area contributed by atoms with E-state index in [0.29, 0.717) is 13.0 Å². The lowest BCUT2D eigenvalue weighted by molar-refractivity contribution is -0.137. The summed E-state index contributed by atoms with van der Waals surface area (Å²) in [7, 11) is 0. The number of hydrogen-bond donors (Lipinski definition) is 2. The lowest BCUT2D eigenvalue weighted by Gasteiger charge is -2.24. The number of carbonyl (C=O) groups excluding carboxylic acids is 1. The Morgan fingerprint density at radius 2 is 1.71 bits per heavy atom. The van der Waals surface area contributed by atoms with Crippen LogP contribution in [-0.2, 0) is 4.79 Å². The van der Waals surface area contributed by atoms with Crippen LogP contribution in [0, 0.1) is 19.3 Å². The van der Waals surface area contributed by atoms with Gasteiger partial charge in [-0.05, 0) is 43.2 Å². The Morgan fingerprint density at radius 1 is 1.14 bits per heavy atom. The SMILES string of the molecule is Cc1cccc(C)c1C(=O)NCCC(C)(C)CCC(=O)O. The summed E-state index contributed by atoms with van der Waals surface area (Å²) in [4.78, 5) is 22.9. The van der Waals surface area contributed by atoms with Crippen molar-refractivity contribution in [1.29, 1.82) is 0 Å². The van der Waals surface area contributed by atoms with Gasteiger partial charge in [0.15, 0.2) is 0 Å². The van der Waals surface area contributed by atoms with Crippen LogP contribution in [0.4, 0.5) is 0 Å². The third kappa shape index (κ3) is 5.58. The second-order valence-electron chi connectivity index (χ2n) is 6.33. The maximum atomic E-state index is 12.2. The van der Waals surface area contributed by atoms with Crippen LogP contribution in [0.1, 0.15) is 54.6 Å². The Labute approximate surface area is 126 Å². The number of aliphatic carboxylic acids is 1. The molecule has 1 amide bonds. The van der Waals surface area contributed by atoms with Crippen molar-refractivity contribution < 1.29 is 14.7 Å². The maximum absolute atomic E-state index is 12.2. The summed E-state index contributed by atoms with van der Waals surface area (Å²) >= 11 is 0. The molecule has 1 aromatic rings. The molecule has 4 heteroatoms. The average Bonchev–Trinajstić information content (AvgIpc) is 2.36. The van der Waals surface area contributed by atoms with E-state index in [1.54, 1.807) is 0 Å². The van der Waals surface area contributed by atoms with Crippen molar-refractivity contribution in [3.05, 3.63) is 34.9 Å². The van der Waals surface area contributed by atoms with Crippen LogP contribution in [0.25, 0.3) is 0 Å². The molecule has 0 aliphatic carbocycles. The molecule has 0 fully saturated rings. The van der Waals surface area contributed by atoms with Crippen LogP contribution in [0.3, 0.4) is 0 Å². The second-order valence-corrected chi connectivity index (χ2v) is 6.33. The Morgan fingerprint density at radius 3 is 2.24 bits per heavy atom. The standard InChI is InChI=1S/C17H25NO3/c1-12-6-5-7-13(2)15(12)16(21)18-11-10-17(3,4)9-8-14(19)20/h5-7H,8-11H2,1-4H3,(H,18,21)(H,19,20). The molecule has 4 nitrogen and oxygen atoms in total. The molecule has 0 saturated carbocycles. The molecule has 1 rings (SSSR count). The Bertz CT molecular complexity index is 501. The van der Waals surface area contributed by atoms with Gasteiger partial charge in [0.1, 0.15) is 0 Å². The van der Waals surface area contributed by atoms with Gasteiger partial charge in [-0.2, -0.15) is 0 Å². The van der Waals surface area contributed by atoms with Crippen LogP contribution in [0.5, 0.6) is 0 Å². The van der Waals surface area contributed by atoms with Crippen LogP contribution in [0.15, 0.2) is 18.2 Å². The van der Waals surface area contributed by atoms with Crippen molar-refractivity contribution in [2.45, 2.75) is 47.0 Å². The molecule has 0 aliphatic rings. The Hall–Kier alpha value is -1.84. The number of benzene rings is 1. The first kappa shape index (κ1) is 17.2. The highest BCUT2D eigenvalue weighted by Gasteiger charge is 2.20. The highest BCUT2D eigenvalue weighted by atomic mass is 16.4. The first-order chi connectivity index (χ1) is 9.73. The number of amides is 1. The van der Waals surface area contributed by atoms with Gasteiger partial charge in [0.25, 0.3) is 5.91 Å². The number of hydrogen-bond acceptors (Lipinski definition) is 2. The molecular weight excluding hydrogens is 266 g/mol. The fourth-order valence-corrected chi connectivity index (χ4v) is 2.35. The average molecular weight is 291 g/mol. The van der Waals surface area contributed by atoms with Gasteiger partial charge in [-0.15, -0.1) is 0 Å². The summed E-state index contributed by atoms with van der Waals surface area (Å²) in [5.74, 6) is -0.831. The Balaban J connectivity index is 2.52. The fourth-order valence-electron chi connectivity index (χ4n) is 2.35. The molecule has 116 valence electrons. The molecule has 0 heterocycles. The minimum atomic E-state index is -0.775. The van der Waals surface area contributed by atoms with Crippen molar-refractivity contribution >= 4 is 11.9 Å². The van der Waals surface area contributed by atoms with E-state index >= 15 is 0 Å². The van der Waals surface area contributed by atoms with Crippen molar-refractivity contribution in [3.8, 4) is 0 Å². The van der Waals surface area contributed by atoms with Crippen molar-refractivity contribution in [3.63, 3.8) is 0 Å². The van der Waals surface area contributed by atoms with Crippen LogP contribution in [-0.4, -0.2) is 23.5 Å². The first-order valence-electron chi connectivity index (χ1n) is 7.29. The smallest absolute Gasteiger partial charge is 0.303 e. The lowest BCUT2D eigenvalue weighted by Crippen LogP contribution is -2.29. The van der Waals surface area contributed by atoms with Gasteiger partial charge in [-0.25, -0.2) is 0 Å². The maximum Gasteiger partial charge on any atom is 0.303 e. The highest BCUT2D eigenvalue weighted by molar-refractivity contribution is 5.97. The first-order valence-corrected chi connectivity index (χ1v) is 7.29. The molecular formula is C17H25NO3. The monoisotopic (exact) mass is 291 g/mol. The van der Waals surface area contributed by atoms with E-state index in [0.717, 1.165) is 23.1 Å². The molecule has 0 bridgehead atoms. The number of carboxylic acid groups (broad SMARTS) is 1. The molecule has 0 unspecified atom stereocenters. The van der Waals surface area contributed by atoms with Crippen LogP contribution < -0.4 is 5.32 Å². The Kier molecular flexibility index (Phi) is 5.94. The third-order valence-electron chi connectivity index (χ3n) is 3.81. The van der Waals surface area contributed by atoms with E-state index in [1.807, 2.05) is 45.9 Å². The molecule has 2 N–H and O–H groups in total. The van der Waals surface area contributed by atoms with Gasteiger partial charge < -0.3 is 10.4 Å². The van der Waals surface area contributed by atoms with Crippen LogP contribution >= 0.6 is 0 Å². The lowest BCUT2D eigenvalue weighted by atomic mass is 9.84. The number of aryl methyl sites for hydroxylation is 2. The van der Waals surface area contributed by atoms with E-state index in [9.17, 15) is 9.59 Å². The number of carbonyl (C=O) groups is 2. The van der Waals surface area contributed by atoms with Gasteiger partial charge in [0.2, 0.25) is 0 Å². The van der Waals surface area contributed by atoms with Gasteiger partial charge in [0, 0.05) is 18.5 Å². The summed E-state index contributed by atoms with van der Waals surface area (Å²) < 4.78 is 0. The quantitative estimate of drug-likeness (QED) is 0.810. The van der Waals surface area contributed by atoms with E-state index < -0.39 is 5.97 Å². The largest absolute Gasteiger partial charge is 0.481 e. The van der Waals surface area contributed by atoms with Crippen molar-refractivity contribution in [1.82, 2.24) is 5.32 Å². The third-order valence-corrected chi connectivity index (χ3v) is 3.81. The molecule has 0 radical (unpaired) electrons. The molecule has 0 saturated heterocycles. The zero-order valence-corrected chi connectivity index (χ0v) is 13.3. The van der Waals surface area contributed by atoms with E-state index in [-0.39, 0.29) is 17.7 Å². The molecule has 0 aliphatic heterocycles. The number of rotatable bonds is 7. The molecule has 0 atom stereocenters. The van der Waals surface area contributed by atoms with Gasteiger partial charge in [0.05, 0.1) is 0 Å². The zero-order valence-electron chi connectivity index (χ0n) is 13.3. The summed E-state index contributed by atoms with van der Waals surface area (Å²) in [5.41, 5.74) is 2.59. The van der Waals surface area contributed by atoms with Crippen molar-refractivity contribution in [2.75, 3.05) is 6.54 Å². The normalized spacial score (nSPS) is 11.2. The second kappa shape index (κ2) is 7.25. The van der Waals surface area contributed by atoms with E-state index in [1.165, 1.54) is 0 Å². The zero-order chi connectivity index (χ0) is 16.0. The van der Waals surface area contributed by atoms with Gasteiger partial charge in [-0.3, -0.25) is 9.59 Å². The number of carboxylic acids is 1. The fraction of sp³-hybridized carbons (Fsp3) is 0.529. The van der Waals surface area contributed by atoms with E-state index in [2.05, 4.69) is 5.32 Å². The van der Waals surface area contributed by atoms with Crippen LogP contribution in [0.2, 0.25) is 0 Å². The summed E-state index contributed by atoms with van der Waals surface area (Å²) in [6, 6.07) is 5.80. The summed E-state index contributed by atoms with van der Waals surface area (Å²) in [6.07, 6.45) is 1.54. The summed E-state index contributed by atoms with van der Waals surface area (Å²) in [5, 5.41) is 11.7. The summed E-state index contributed by atoms with van der Waals surface area (Å²) in [6.45, 7) is 8.47. The van der Waals surface area contributed by atoms with E-state index in [4.69, 9.17) is 5.11 Å². The highest BCUT2D eigenvalue weighted by Crippen LogP contribution is 2.26. The minimum absolute atomic E-state index is 0.0559. The van der Waals surface area contributed by atoms with Gasteiger partial charge >= 0.3 is 5.97 Å². The van der Waals surface area contributed by atoms with Gasteiger partial charge in [-0.1, -0.05) is 32.0 Å². The topological polar surface area (TPSA) is 66.4 Å². The van der Waals surface area contributed by atoms with Crippen molar-refractivity contribution in [2.24, 2.45) is 5.41 Å². The predicted octanol–water partition coefficient (Wildman–Crippen LogP) is 3.31. The molecule has 0 spiro atoms. The number of nitrogens with one attached hydrogen (secondary N) is 1.